The summed E-state index contributed by atoms with van der Waals surface area (Å²) >= 11 is 1.46. The fourth-order valence-electron chi connectivity index (χ4n) is 0.864. The molecular formula is C9H8Li2O3. The van der Waals surface area contributed by atoms with E-state index >= 15 is 0 Å². The van der Waals surface area contributed by atoms with Gasteiger partial charge in [-0.05, 0) is 0 Å². The molecule has 0 fully saturated rings. The summed E-state index contributed by atoms with van der Waals surface area (Å²) in [5, 5.41) is 10.3. The van der Waals surface area contributed by atoms with Crippen LogP contribution in [0.4, 0.5) is 0 Å². The van der Waals surface area contributed by atoms with E-state index in [1.165, 1.54) is 17.7 Å². The molecule has 1 aromatic rings. The van der Waals surface area contributed by atoms with E-state index in [-0.39, 0.29) is 18.9 Å². The average Bonchev–Trinajstić information content (AvgIpc) is 2.15. The molecule has 5 heteroatoms. The van der Waals surface area contributed by atoms with Crippen molar-refractivity contribution in [1.82, 2.24) is 0 Å². The summed E-state index contributed by atoms with van der Waals surface area (Å²) in [6.07, 6.45) is 0. The minimum atomic E-state index is -1.18. The Balaban J connectivity index is 0.00000169. The zero-order valence-corrected chi connectivity index (χ0v) is 8.40. The monoisotopic (exact) mass is 178 g/mol. The number of carboxylic acids is 1. The van der Waals surface area contributed by atoms with Crippen molar-refractivity contribution >= 4 is 23.7 Å². The van der Waals surface area contributed by atoms with Gasteiger partial charge in [-0.25, -0.2) is 0 Å². The summed E-state index contributed by atoms with van der Waals surface area (Å²) < 4.78 is 4.17. The SMILES string of the molecule is [Li+].[Li][CH](OCc1ccccc1)C(=O)[O-]. The second-order valence-electron chi connectivity index (χ2n) is 2.76. The first-order valence-electron chi connectivity index (χ1n) is 4.06. The Hall–Kier alpha value is -0.155. The molecule has 0 saturated heterocycles. The van der Waals surface area contributed by atoms with Crippen molar-refractivity contribution in [3.63, 3.8) is 0 Å². The fraction of sp³-hybridized carbons (Fsp3) is 0.222. The number of benzene rings is 1. The summed E-state index contributed by atoms with van der Waals surface area (Å²) in [5.74, 6) is -1.18. The number of rotatable bonds is 4. The number of carbonyl (C=O) groups excluding carboxylic acids is 1. The van der Waals surface area contributed by atoms with Crippen molar-refractivity contribution in [2.24, 2.45) is 0 Å². The second kappa shape index (κ2) is 7.18. The molecule has 0 spiro atoms. The maximum atomic E-state index is 10.3. The quantitative estimate of drug-likeness (QED) is 0.448. The molecule has 1 unspecified atom stereocenters. The molecule has 0 bridgehead atoms. The molecule has 0 aliphatic rings. The van der Waals surface area contributed by atoms with E-state index in [1.807, 2.05) is 30.3 Å². The van der Waals surface area contributed by atoms with Crippen molar-refractivity contribution in [2.45, 2.75) is 11.4 Å². The Morgan fingerprint density at radius 3 is 2.50 bits per heavy atom. The summed E-state index contributed by atoms with van der Waals surface area (Å²) in [7, 11) is 0. The first kappa shape index (κ1) is 13.8. The van der Waals surface area contributed by atoms with Gasteiger partial charge in [0.15, 0.2) is 0 Å². The van der Waals surface area contributed by atoms with Gasteiger partial charge in [0.05, 0.1) is 0 Å². The van der Waals surface area contributed by atoms with Gasteiger partial charge in [-0.2, -0.15) is 0 Å². The molecule has 0 heterocycles. The van der Waals surface area contributed by atoms with Gasteiger partial charge in [0.25, 0.3) is 0 Å². The third-order valence-corrected chi connectivity index (χ3v) is 1.67. The molecule has 0 aromatic heterocycles. The van der Waals surface area contributed by atoms with Crippen LogP contribution in [0.3, 0.4) is 0 Å². The minimum absolute atomic E-state index is 0. The Kier molecular flexibility index (Phi) is 7.10. The van der Waals surface area contributed by atoms with E-state index in [0.717, 1.165) is 5.56 Å². The van der Waals surface area contributed by atoms with Gasteiger partial charge >= 0.3 is 104 Å². The maximum absolute atomic E-state index is 10.3. The number of carboxylic acid groups (broad SMARTS) is 1. The van der Waals surface area contributed by atoms with Crippen molar-refractivity contribution in [3.8, 4) is 0 Å². The first-order chi connectivity index (χ1) is 6.20. The van der Waals surface area contributed by atoms with E-state index in [9.17, 15) is 9.90 Å². The van der Waals surface area contributed by atoms with Crippen LogP contribution in [-0.2, 0) is 16.1 Å². The van der Waals surface area contributed by atoms with Crippen LogP contribution in [0, 0.1) is 0 Å². The van der Waals surface area contributed by atoms with Gasteiger partial charge < -0.3 is 0 Å². The molecule has 1 rings (SSSR count). The molecule has 14 heavy (non-hydrogen) atoms. The van der Waals surface area contributed by atoms with E-state index in [1.54, 1.807) is 0 Å². The molecular weight excluding hydrogens is 170 g/mol. The van der Waals surface area contributed by atoms with Gasteiger partial charge in [-0.3, -0.25) is 0 Å². The summed E-state index contributed by atoms with van der Waals surface area (Å²) in [6.45, 7) is 0.302. The van der Waals surface area contributed by atoms with Crippen LogP contribution in [0.25, 0.3) is 0 Å². The molecule has 0 saturated carbocycles. The molecule has 0 amide bonds. The third-order valence-electron chi connectivity index (χ3n) is 1.67. The zero-order chi connectivity index (χ0) is 9.68. The topological polar surface area (TPSA) is 49.4 Å². The zero-order valence-electron chi connectivity index (χ0n) is 8.40. The molecule has 64 valence electrons. The van der Waals surface area contributed by atoms with Crippen molar-refractivity contribution in [1.29, 1.82) is 0 Å². The van der Waals surface area contributed by atoms with E-state index in [2.05, 4.69) is 0 Å². The molecule has 0 aliphatic carbocycles. The normalized spacial score (nSPS) is 11.6. The van der Waals surface area contributed by atoms with E-state index in [4.69, 9.17) is 4.74 Å². The van der Waals surface area contributed by atoms with Gasteiger partial charge in [0, 0.05) is 0 Å². The van der Waals surface area contributed by atoms with Crippen LogP contribution in [0.1, 0.15) is 5.56 Å². The average molecular weight is 178 g/mol. The summed E-state index contributed by atoms with van der Waals surface area (Å²) in [6, 6.07) is 9.40. The van der Waals surface area contributed by atoms with Gasteiger partial charge in [0.1, 0.15) is 0 Å². The van der Waals surface area contributed by atoms with Gasteiger partial charge in [-0.1, -0.05) is 0 Å². The molecule has 1 aromatic carbocycles. The van der Waals surface area contributed by atoms with Crippen molar-refractivity contribution in [2.75, 3.05) is 0 Å². The van der Waals surface area contributed by atoms with Crippen LogP contribution in [0.15, 0.2) is 30.3 Å². The van der Waals surface area contributed by atoms with Crippen molar-refractivity contribution < 1.29 is 33.5 Å². The van der Waals surface area contributed by atoms with E-state index in [0.29, 0.717) is 6.61 Å². The van der Waals surface area contributed by atoms with Crippen LogP contribution >= 0.6 is 0 Å². The number of hydrogen-bond acceptors (Lipinski definition) is 3. The van der Waals surface area contributed by atoms with Gasteiger partial charge in [-0.15, -0.1) is 0 Å². The molecule has 1 atom stereocenters. The van der Waals surface area contributed by atoms with Gasteiger partial charge in [0.2, 0.25) is 0 Å². The number of aliphatic carboxylic acids is 1. The summed E-state index contributed by atoms with van der Waals surface area (Å²) in [4.78, 5) is 10.3. The predicted molar refractivity (Wildman–Crippen MR) is 45.8 cm³/mol. The van der Waals surface area contributed by atoms with E-state index < -0.39 is 10.7 Å². The second-order valence-corrected chi connectivity index (χ2v) is 2.76. The predicted octanol–water partition coefficient (Wildman–Crippen LogP) is -3.55. The molecule has 0 aliphatic heterocycles. The number of hydrogen-bond donors (Lipinski definition) is 0. The number of ether oxygens (including phenoxy) is 1. The van der Waals surface area contributed by atoms with Crippen LogP contribution in [0.5, 0.6) is 0 Å². The number of carbonyl (C=O) groups is 1. The Labute approximate surface area is 104 Å². The first-order valence-corrected chi connectivity index (χ1v) is 4.06. The molecule has 0 N–H and O–H groups in total. The standard InChI is InChI=1S/C9H9O3.2Li/c10-9(11)7-12-6-8-4-2-1-3-5-8;;/h1-5,7H,6H2,(H,10,11);;/q;;+1/p-1. The van der Waals surface area contributed by atoms with Crippen LogP contribution in [0.2, 0.25) is 0 Å². The summed E-state index contributed by atoms with van der Waals surface area (Å²) in [5.41, 5.74) is 0.954. The molecule has 0 radical (unpaired) electrons. The van der Waals surface area contributed by atoms with Crippen molar-refractivity contribution in [3.05, 3.63) is 35.9 Å². The van der Waals surface area contributed by atoms with Crippen LogP contribution < -0.4 is 24.0 Å². The Morgan fingerprint density at radius 1 is 1.43 bits per heavy atom. The van der Waals surface area contributed by atoms with Crippen LogP contribution in [-0.4, -0.2) is 28.5 Å². The Bertz CT molecular complexity index is 277. The third kappa shape index (κ3) is 4.91. The molecule has 3 nitrogen and oxygen atoms in total. The Morgan fingerprint density at radius 2 is 2.00 bits per heavy atom. The fourth-order valence-corrected chi connectivity index (χ4v) is 0.864.